The Labute approximate surface area is 103 Å². The van der Waals surface area contributed by atoms with Crippen molar-refractivity contribution in [1.29, 1.82) is 0 Å². The summed E-state index contributed by atoms with van der Waals surface area (Å²) in [6.45, 7) is 14.0. The second-order valence-electron chi connectivity index (χ2n) is 7.07. The minimum atomic E-state index is -1.20. The van der Waals surface area contributed by atoms with Crippen LogP contribution in [0.3, 0.4) is 0 Å². The molecule has 0 radical (unpaired) electrons. The Morgan fingerprint density at radius 3 is 2.25 bits per heavy atom. The number of allylic oxidation sites excluding steroid dienone is 2. The second-order valence-corrected chi connectivity index (χ2v) is 11.8. The van der Waals surface area contributed by atoms with Gasteiger partial charge in [-0.3, -0.25) is 0 Å². The van der Waals surface area contributed by atoms with Crippen LogP contribution in [0.2, 0.25) is 19.6 Å². The molecule has 0 saturated carbocycles. The lowest BCUT2D eigenvalue weighted by molar-refractivity contribution is 0.222. The average Bonchev–Trinajstić information content (AvgIpc) is 2.13. The third-order valence-corrected chi connectivity index (χ3v) is 4.11. The largest absolute Gasteiger partial charge is 0.129 e. The van der Waals surface area contributed by atoms with E-state index in [2.05, 4.69) is 58.0 Å². The van der Waals surface area contributed by atoms with Crippen molar-refractivity contribution in [3.05, 3.63) is 11.6 Å². The van der Waals surface area contributed by atoms with E-state index in [0.29, 0.717) is 5.41 Å². The Balaban J connectivity index is 2.63. The first kappa shape index (κ1) is 13.6. The fraction of sp³-hybridized carbons (Fsp3) is 0.733. The van der Waals surface area contributed by atoms with Crippen molar-refractivity contribution in [2.24, 2.45) is 11.3 Å². The molecule has 0 aromatic rings. The van der Waals surface area contributed by atoms with Crippen LogP contribution in [-0.4, -0.2) is 8.07 Å². The third kappa shape index (κ3) is 4.57. The van der Waals surface area contributed by atoms with Crippen molar-refractivity contribution in [2.75, 3.05) is 0 Å². The highest BCUT2D eigenvalue weighted by Crippen LogP contribution is 2.36. The number of hydrogen-bond acceptors (Lipinski definition) is 0. The van der Waals surface area contributed by atoms with Crippen molar-refractivity contribution in [1.82, 2.24) is 0 Å². The summed E-state index contributed by atoms with van der Waals surface area (Å²) in [5.41, 5.74) is 5.31. The van der Waals surface area contributed by atoms with Gasteiger partial charge in [0.05, 0.1) is 0 Å². The Kier molecular flexibility index (Phi) is 4.07. The van der Waals surface area contributed by atoms with Gasteiger partial charge >= 0.3 is 0 Å². The molecule has 0 N–H and O–H groups in total. The Bertz CT molecular complexity index is 325. The molecule has 1 aliphatic rings. The highest BCUT2D eigenvalue weighted by atomic mass is 28.3. The molecule has 1 aliphatic carbocycles. The lowest BCUT2D eigenvalue weighted by Gasteiger charge is -2.32. The highest BCUT2D eigenvalue weighted by Gasteiger charge is 2.25. The van der Waals surface area contributed by atoms with Gasteiger partial charge in [0.15, 0.2) is 0 Å². The van der Waals surface area contributed by atoms with Crippen LogP contribution >= 0.6 is 0 Å². The van der Waals surface area contributed by atoms with E-state index in [1.54, 1.807) is 0 Å². The standard InChI is InChI=1S/C15H26Si/c1-15(2,3)14-9-7-13(8-10-14)11-12-16(4,5)6/h7,14H,8-10H2,1-6H3. The van der Waals surface area contributed by atoms with E-state index in [0.717, 1.165) is 5.92 Å². The van der Waals surface area contributed by atoms with Gasteiger partial charge in [0.2, 0.25) is 0 Å². The molecule has 0 aromatic heterocycles. The maximum absolute atomic E-state index is 3.47. The Morgan fingerprint density at radius 2 is 1.88 bits per heavy atom. The Morgan fingerprint density at radius 1 is 1.25 bits per heavy atom. The van der Waals surface area contributed by atoms with Gasteiger partial charge < -0.3 is 0 Å². The van der Waals surface area contributed by atoms with Crippen LogP contribution in [0.4, 0.5) is 0 Å². The summed E-state index contributed by atoms with van der Waals surface area (Å²) in [6, 6.07) is 0. The van der Waals surface area contributed by atoms with Crippen molar-refractivity contribution >= 4 is 8.07 Å². The molecule has 0 amide bonds. The molecule has 0 aliphatic heterocycles. The molecule has 0 fully saturated rings. The van der Waals surface area contributed by atoms with Crippen LogP contribution in [-0.2, 0) is 0 Å². The lowest BCUT2D eigenvalue weighted by atomic mass is 9.73. The molecule has 1 rings (SSSR count). The van der Waals surface area contributed by atoms with Crippen molar-refractivity contribution < 1.29 is 0 Å². The summed E-state index contributed by atoms with van der Waals surface area (Å²) in [6.07, 6.45) is 6.11. The fourth-order valence-electron chi connectivity index (χ4n) is 2.00. The summed E-state index contributed by atoms with van der Waals surface area (Å²) in [4.78, 5) is 0. The topological polar surface area (TPSA) is 0 Å². The molecule has 0 spiro atoms. The first-order valence-corrected chi connectivity index (χ1v) is 9.91. The average molecular weight is 234 g/mol. The number of hydrogen-bond donors (Lipinski definition) is 0. The van der Waals surface area contributed by atoms with Crippen LogP contribution in [0.25, 0.3) is 0 Å². The van der Waals surface area contributed by atoms with Crippen LogP contribution < -0.4 is 0 Å². The molecule has 16 heavy (non-hydrogen) atoms. The van der Waals surface area contributed by atoms with E-state index in [9.17, 15) is 0 Å². The predicted molar refractivity (Wildman–Crippen MR) is 76.0 cm³/mol. The Hall–Kier alpha value is -0.483. The van der Waals surface area contributed by atoms with E-state index in [1.165, 1.54) is 24.8 Å². The zero-order valence-corrected chi connectivity index (χ0v) is 12.8. The van der Waals surface area contributed by atoms with Gasteiger partial charge in [-0.2, -0.15) is 0 Å². The maximum Gasteiger partial charge on any atom is 0.129 e. The molecule has 0 aromatic carbocycles. The normalized spacial score (nSPS) is 22.1. The second kappa shape index (κ2) is 4.80. The van der Waals surface area contributed by atoms with Gasteiger partial charge in [0.25, 0.3) is 0 Å². The minimum Gasteiger partial charge on any atom is -0.127 e. The highest BCUT2D eigenvalue weighted by molar-refractivity contribution is 6.83. The van der Waals surface area contributed by atoms with Gasteiger partial charge in [-0.25, -0.2) is 0 Å². The fourth-order valence-corrected chi connectivity index (χ4v) is 2.54. The predicted octanol–water partition coefficient (Wildman–Crippen LogP) is 4.64. The van der Waals surface area contributed by atoms with Crippen molar-refractivity contribution in [3.63, 3.8) is 0 Å². The zero-order chi connectivity index (χ0) is 12.4. The van der Waals surface area contributed by atoms with Crippen LogP contribution in [0.1, 0.15) is 40.0 Å². The molecule has 1 unspecified atom stereocenters. The first-order valence-electron chi connectivity index (χ1n) is 6.41. The van der Waals surface area contributed by atoms with Crippen LogP contribution in [0.15, 0.2) is 11.6 Å². The third-order valence-electron chi connectivity index (χ3n) is 3.23. The van der Waals surface area contributed by atoms with Gasteiger partial charge in [0.1, 0.15) is 8.07 Å². The van der Waals surface area contributed by atoms with Gasteiger partial charge in [-0.05, 0) is 36.2 Å². The smallest absolute Gasteiger partial charge is 0.127 e. The molecule has 0 nitrogen and oxygen atoms in total. The molecular formula is C15H26Si. The summed E-state index contributed by atoms with van der Waals surface area (Å²) in [5, 5.41) is 0. The van der Waals surface area contributed by atoms with Crippen LogP contribution in [0, 0.1) is 22.8 Å². The van der Waals surface area contributed by atoms with Crippen LogP contribution in [0.5, 0.6) is 0 Å². The van der Waals surface area contributed by atoms with Crippen molar-refractivity contribution in [3.8, 4) is 11.5 Å². The zero-order valence-electron chi connectivity index (χ0n) is 11.8. The molecular weight excluding hydrogens is 208 g/mol. The molecule has 0 saturated heterocycles. The van der Waals surface area contributed by atoms with Crippen molar-refractivity contribution in [2.45, 2.75) is 59.7 Å². The molecule has 90 valence electrons. The molecule has 1 heteroatoms. The molecule has 0 bridgehead atoms. The van der Waals surface area contributed by atoms with E-state index in [4.69, 9.17) is 0 Å². The first-order chi connectivity index (χ1) is 7.18. The quantitative estimate of drug-likeness (QED) is 0.423. The lowest BCUT2D eigenvalue weighted by Crippen LogP contribution is -2.22. The summed E-state index contributed by atoms with van der Waals surface area (Å²) >= 11 is 0. The SMILES string of the molecule is CC(C)(C)C1CC=C(C#C[Si](C)(C)C)CC1. The maximum atomic E-state index is 3.47. The van der Waals surface area contributed by atoms with Gasteiger partial charge in [-0.1, -0.05) is 52.4 Å². The summed E-state index contributed by atoms with van der Waals surface area (Å²) in [7, 11) is -1.20. The monoisotopic (exact) mass is 234 g/mol. The molecule has 0 heterocycles. The van der Waals surface area contributed by atoms with Gasteiger partial charge in [0, 0.05) is 0 Å². The summed E-state index contributed by atoms with van der Waals surface area (Å²) in [5.74, 6) is 4.24. The summed E-state index contributed by atoms with van der Waals surface area (Å²) < 4.78 is 0. The van der Waals surface area contributed by atoms with Gasteiger partial charge in [-0.15, -0.1) is 5.54 Å². The minimum absolute atomic E-state index is 0.453. The molecule has 1 atom stereocenters. The van der Waals surface area contributed by atoms with E-state index < -0.39 is 8.07 Å². The van der Waals surface area contributed by atoms with E-state index in [1.807, 2.05) is 0 Å². The van der Waals surface area contributed by atoms with E-state index >= 15 is 0 Å². The number of rotatable bonds is 0. The van der Waals surface area contributed by atoms with E-state index in [-0.39, 0.29) is 0 Å².